The van der Waals surface area contributed by atoms with Gasteiger partial charge in [-0.05, 0) is 37.6 Å². The Hall–Kier alpha value is -2.59. The largest absolute Gasteiger partial charge is 0.302 e. The predicted molar refractivity (Wildman–Crippen MR) is 127 cm³/mol. The summed E-state index contributed by atoms with van der Waals surface area (Å²) in [5.74, 6) is -0.368. The molecule has 0 atom stereocenters. The number of ketones is 1. The number of nitrogens with zero attached hydrogens (tertiary/aromatic N) is 2. The van der Waals surface area contributed by atoms with Crippen LogP contribution in [-0.4, -0.2) is 43.0 Å². The standard InChI is InChI=1S/C22H22ClN3O4S2/c1-15(27)16-7-11-19(12-8-16)32(29,30)26(2)13-3-4-21(28)25-22-24-20(14-31-22)17-5-9-18(23)10-6-17/h5-12,14H,3-4,13H2,1-2H3,(H,24,25,28). The van der Waals surface area contributed by atoms with Crippen LogP contribution >= 0.6 is 22.9 Å². The second-order valence-electron chi connectivity index (χ2n) is 7.10. The lowest BCUT2D eigenvalue weighted by Crippen LogP contribution is -2.28. The highest BCUT2D eigenvalue weighted by Crippen LogP contribution is 2.26. The molecule has 0 saturated heterocycles. The van der Waals surface area contributed by atoms with Crippen molar-refractivity contribution in [3.8, 4) is 11.3 Å². The molecule has 3 aromatic rings. The SMILES string of the molecule is CC(=O)c1ccc(S(=O)(=O)N(C)CCCC(=O)Nc2nc(-c3ccc(Cl)cc3)cs2)cc1. The van der Waals surface area contributed by atoms with Crippen LogP contribution in [0.5, 0.6) is 0 Å². The molecule has 0 spiro atoms. The van der Waals surface area contributed by atoms with Gasteiger partial charge in [0.1, 0.15) is 0 Å². The third kappa shape index (κ3) is 6.01. The van der Waals surface area contributed by atoms with E-state index < -0.39 is 10.0 Å². The quantitative estimate of drug-likeness (QED) is 0.437. The van der Waals surface area contributed by atoms with E-state index in [0.717, 1.165) is 11.3 Å². The van der Waals surface area contributed by atoms with Gasteiger partial charge in [-0.1, -0.05) is 35.9 Å². The van der Waals surface area contributed by atoms with Gasteiger partial charge in [0.25, 0.3) is 0 Å². The zero-order valence-electron chi connectivity index (χ0n) is 17.5. The van der Waals surface area contributed by atoms with Gasteiger partial charge in [-0.2, -0.15) is 0 Å². The highest BCUT2D eigenvalue weighted by Gasteiger charge is 2.21. The number of carbonyl (C=O) groups excluding carboxylic acids is 2. The van der Waals surface area contributed by atoms with Crippen molar-refractivity contribution < 1.29 is 18.0 Å². The Balaban J connectivity index is 1.51. The third-order valence-electron chi connectivity index (χ3n) is 4.74. The number of hydrogen-bond acceptors (Lipinski definition) is 6. The minimum atomic E-state index is -3.70. The molecule has 0 aliphatic carbocycles. The number of anilines is 1. The van der Waals surface area contributed by atoms with Gasteiger partial charge in [0, 0.05) is 41.5 Å². The molecule has 0 saturated carbocycles. The van der Waals surface area contributed by atoms with Crippen molar-refractivity contribution >= 4 is 49.8 Å². The fraction of sp³-hybridized carbons (Fsp3) is 0.227. The van der Waals surface area contributed by atoms with Gasteiger partial charge in [0.2, 0.25) is 15.9 Å². The number of hydrogen-bond donors (Lipinski definition) is 1. The van der Waals surface area contributed by atoms with Crippen LogP contribution in [0.2, 0.25) is 5.02 Å². The fourth-order valence-electron chi connectivity index (χ4n) is 2.89. The van der Waals surface area contributed by atoms with Gasteiger partial charge in [-0.3, -0.25) is 9.59 Å². The molecule has 1 N–H and O–H groups in total. The van der Waals surface area contributed by atoms with Gasteiger partial charge in [0.15, 0.2) is 10.9 Å². The molecule has 0 unspecified atom stereocenters. The maximum atomic E-state index is 12.7. The third-order valence-corrected chi connectivity index (χ3v) is 7.62. The molecule has 2 aromatic carbocycles. The van der Waals surface area contributed by atoms with Crippen molar-refractivity contribution in [3.63, 3.8) is 0 Å². The number of aromatic nitrogens is 1. The average molecular weight is 492 g/mol. The van der Waals surface area contributed by atoms with Gasteiger partial charge >= 0.3 is 0 Å². The Morgan fingerprint density at radius 2 is 1.75 bits per heavy atom. The first-order valence-electron chi connectivity index (χ1n) is 9.75. The topological polar surface area (TPSA) is 96.4 Å². The van der Waals surface area contributed by atoms with Gasteiger partial charge in [-0.15, -0.1) is 11.3 Å². The summed E-state index contributed by atoms with van der Waals surface area (Å²) in [4.78, 5) is 28.1. The van der Waals surface area contributed by atoms with Gasteiger partial charge < -0.3 is 5.32 Å². The van der Waals surface area contributed by atoms with Crippen molar-refractivity contribution in [1.82, 2.24) is 9.29 Å². The summed E-state index contributed by atoms with van der Waals surface area (Å²) in [6.07, 6.45) is 0.501. The van der Waals surface area contributed by atoms with Crippen LogP contribution in [0.4, 0.5) is 5.13 Å². The van der Waals surface area contributed by atoms with E-state index in [0.29, 0.717) is 22.1 Å². The first kappa shape index (κ1) is 24.1. The summed E-state index contributed by atoms with van der Waals surface area (Å²) in [6, 6.07) is 13.1. The molecule has 1 aromatic heterocycles. The normalized spacial score (nSPS) is 11.5. The zero-order chi connectivity index (χ0) is 23.3. The first-order chi connectivity index (χ1) is 15.2. The summed E-state index contributed by atoms with van der Waals surface area (Å²) in [6.45, 7) is 1.60. The van der Waals surface area contributed by atoms with Crippen LogP contribution in [0.3, 0.4) is 0 Å². The molecule has 0 fully saturated rings. The summed E-state index contributed by atoms with van der Waals surface area (Å²) >= 11 is 7.21. The molecule has 3 rings (SSSR count). The monoisotopic (exact) mass is 491 g/mol. The minimum Gasteiger partial charge on any atom is -0.302 e. The van der Waals surface area contributed by atoms with E-state index in [4.69, 9.17) is 11.6 Å². The van der Waals surface area contributed by atoms with E-state index in [2.05, 4.69) is 10.3 Å². The van der Waals surface area contributed by atoms with Crippen LogP contribution in [0.1, 0.15) is 30.1 Å². The van der Waals surface area contributed by atoms with Crippen molar-refractivity contribution in [3.05, 3.63) is 64.5 Å². The number of halogens is 1. The molecule has 32 heavy (non-hydrogen) atoms. The Morgan fingerprint density at radius 3 is 2.38 bits per heavy atom. The van der Waals surface area contributed by atoms with Crippen molar-refractivity contribution in [2.45, 2.75) is 24.7 Å². The van der Waals surface area contributed by atoms with Crippen LogP contribution in [0, 0.1) is 0 Å². The number of nitrogens with one attached hydrogen (secondary N) is 1. The molecular formula is C22H22ClN3O4S2. The molecule has 0 aliphatic rings. The molecule has 1 heterocycles. The summed E-state index contributed by atoms with van der Waals surface area (Å²) in [5.41, 5.74) is 2.09. The highest BCUT2D eigenvalue weighted by molar-refractivity contribution is 7.89. The highest BCUT2D eigenvalue weighted by atomic mass is 35.5. The van der Waals surface area contributed by atoms with Crippen molar-refractivity contribution in [2.24, 2.45) is 0 Å². The Morgan fingerprint density at radius 1 is 1.09 bits per heavy atom. The number of benzene rings is 2. The van der Waals surface area contributed by atoms with Crippen molar-refractivity contribution in [1.29, 1.82) is 0 Å². The molecule has 1 amide bonds. The van der Waals surface area contributed by atoms with Gasteiger partial charge in [-0.25, -0.2) is 17.7 Å². The van der Waals surface area contributed by atoms with Crippen LogP contribution in [0.15, 0.2) is 58.8 Å². The Bertz CT molecular complexity index is 1210. The maximum Gasteiger partial charge on any atom is 0.242 e. The zero-order valence-corrected chi connectivity index (χ0v) is 19.9. The molecule has 10 heteroatoms. The minimum absolute atomic E-state index is 0.104. The average Bonchev–Trinajstić information content (AvgIpc) is 3.22. The van der Waals surface area contributed by atoms with Crippen LogP contribution < -0.4 is 5.32 Å². The Labute approximate surface area is 196 Å². The van der Waals surface area contributed by atoms with Crippen LogP contribution in [0.25, 0.3) is 11.3 Å². The number of sulfonamides is 1. The maximum absolute atomic E-state index is 12.7. The van der Waals surface area contributed by atoms with E-state index in [9.17, 15) is 18.0 Å². The Kier molecular flexibility index (Phi) is 7.78. The fourth-order valence-corrected chi connectivity index (χ4v) is 4.96. The lowest BCUT2D eigenvalue weighted by molar-refractivity contribution is -0.116. The van der Waals surface area contributed by atoms with E-state index in [1.807, 2.05) is 17.5 Å². The van der Waals surface area contributed by atoms with E-state index in [1.54, 1.807) is 12.1 Å². The van der Waals surface area contributed by atoms with Crippen LogP contribution in [-0.2, 0) is 14.8 Å². The van der Waals surface area contributed by atoms with E-state index in [1.165, 1.54) is 53.9 Å². The van der Waals surface area contributed by atoms with Gasteiger partial charge in [0.05, 0.1) is 10.6 Å². The lowest BCUT2D eigenvalue weighted by Gasteiger charge is -2.17. The molecular weight excluding hydrogens is 470 g/mol. The predicted octanol–water partition coefficient (Wildman–Crippen LogP) is 4.71. The smallest absolute Gasteiger partial charge is 0.242 e. The second kappa shape index (κ2) is 10.4. The molecule has 0 bridgehead atoms. The van der Waals surface area contributed by atoms with E-state index >= 15 is 0 Å². The number of thiazole rings is 1. The molecule has 0 radical (unpaired) electrons. The van der Waals surface area contributed by atoms with E-state index in [-0.39, 0.29) is 29.6 Å². The lowest BCUT2D eigenvalue weighted by atomic mass is 10.2. The number of rotatable bonds is 9. The number of amides is 1. The second-order valence-corrected chi connectivity index (χ2v) is 10.4. The summed E-state index contributed by atoms with van der Waals surface area (Å²) in [7, 11) is -2.23. The molecule has 7 nitrogen and oxygen atoms in total. The first-order valence-corrected chi connectivity index (χ1v) is 12.5. The molecule has 168 valence electrons. The molecule has 0 aliphatic heterocycles. The summed E-state index contributed by atoms with van der Waals surface area (Å²) < 4.78 is 26.5. The summed E-state index contributed by atoms with van der Waals surface area (Å²) in [5, 5.41) is 5.71. The number of Topliss-reactive ketones (excluding diaryl/α,β-unsaturated/α-hetero) is 1. The van der Waals surface area contributed by atoms with Crippen molar-refractivity contribution in [2.75, 3.05) is 18.9 Å². The number of carbonyl (C=O) groups is 2.